The number of carbonyl (C=O) groups excluding carboxylic acids is 1. The molecule has 1 amide bonds. The van der Waals surface area contributed by atoms with Crippen LogP contribution in [0.5, 0.6) is 0 Å². The largest absolute Gasteiger partial charge is 0.340 e. The number of anilines is 2. The molecule has 0 radical (unpaired) electrons. The minimum absolute atomic E-state index is 0.0795. The van der Waals surface area contributed by atoms with Gasteiger partial charge in [-0.1, -0.05) is 31.5 Å². The van der Waals surface area contributed by atoms with E-state index in [9.17, 15) is 4.79 Å². The molecule has 1 aliphatic heterocycles. The third-order valence-corrected chi connectivity index (χ3v) is 5.23. The topological polar surface area (TPSA) is 91.7 Å². The van der Waals surface area contributed by atoms with Gasteiger partial charge in [-0.05, 0) is 43.4 Å². The maximum atomic E-state index is 12.9. The van der Waals surface area contributed by atoms with E-state index in [0.29, 0.717) is 22.5 Å². The summed E-state index contributed by atoms with van der Waals surface area (Å²) in [5.74, 6) is 0.763. The highest BCUT2D eigenvalue weighted by molar-refractivity contribution is 6.30. The molecule has 8 nitrogen and oxygen atoms in total. The predicted molar refractivity (Wildman–Crippen MR) is 113 cm³/mol. The fraction of sp³-hybridized carbons (Fsp3) is 0.400. The van der Waals surface area contributed by atoms with Gasteiger partial charge in [-0.3, -0.25) is 10.1 Å². The Balaban J connectivity index is 1.57. The maximum absolute atomic E-state index is 12.9. The van der Waals surface area contributed by atoms with Crippen molar-refractivity contribution in [1.82, 2.24) is 25.0 Å². The first-order valence-corrected chi connectivity index (χ1v) is 10.2. The number of hydrogen-bond donors (Lipinski definition) is 2. The molecule has 2 N–H and O–H groups in total. The number of rotatable bonds is 5. The number of piperidine rings is 1. The van der Waals surface area contributed by atoms with Crippen molar-refractivity contribution in [2.24, 2.45) is 0 Å². The Kier molecular flexibility index (Phi) is 5.53. The number of amides is 1. The molecule has 0 spiro atoms. The van der Waals surface area contributed by atoms with Gasteiger partial charge < -0.3 is 4.90 Å². The first kappa shape index (κ1) is 19.4. The fourth-order valence-corrected chi connectivity index (χ4v) is 3.81. The number of halogens is 1. The van der Waals surface area contributed by atoms with E-state index in [0.717, 1.165) is 37.3 Å². The normalized spacial score (nSPS) is 14.4. The zero-order chi connectivity index (χ0) is 20.4. The van der Waals surface area contributed by atoms with Gasteiger partial charge in [0.05, 0.1) is 23.1 Å². The molecule has 1 aromatic carbocycles. The van der Waals surface area contributed by atoms with E-state index in [-0.39, 0.29) is 11.8 Å². The number of nitrogens with one attached hydrogen (secondary N) is 2. The maximum Gasteiger partial charge on any atom is 0.261 e. The summed E-state index contributed by atoms with van der Waals surface area (Å²) in [6.45, 7) is 5.93. The molecular formula is C20H24ClN7O. The van der Waals surface area contributed by atoms with Crippen LogP contribution in [0.4, 0.5) is 11.9 Å². The first-order valence-electron chi connectivity index (χ1n) is 9.85. The van der Waals surface area contributed by atoms with E-state index in [1.165, 1.54) is 6.42 Å². The Hall–Kier alpha value is -2.87. The second-order valence-electron chi connectivity index (χ2n) is 7.48. The summed E-state index contributed by atoms with van der Waals surface area (Å²) in [4.78, 5) is 19.5. The number of carbonyl (C=O) groups is 1. The van der Waals surface area contributed by atoms with Crippen LogP contribution < -0.4 is 10.2 Å². The molecule has 29 heavy (non-hydrogen) atoms. The van der Waals surface area contributed by atoms with E-state index in [1.54, 1.807) is 16.9 Å². The molecule has 0 aliphatic carbocycles. The molecule has 1 fully saturated rings. The van der Waals surface area contributed by atoms with E-state index in [2.05, 4.69) is 30.5 Å². The van der Waals surface area contributed by atoms with Crippen molar-refractivity contribution < 1.29 is 4.79 Å². The lowest BCUT2D eigenvalue weighted by Crippen LogP contribution is -2.30. The predicted octanol–water partition coefficient (Wildman–Crippen LogP) is 4.01. The van der Waals surface area contributed by atoms with Crippen LogP contribution in [0.2, 0.25) is 5.02 Å². The van der Waals surface area contributed by atoms with Gasteiger partial charge in [-0.2, -0.15) is 10.1 Å². The molecule has 152 valence electrons. The molecule has 3 heterocycles. The highest BCUT2D eigenvalue weighted by Crippen LogP contribution is 2.25. The van der Waals surface area contributed by atoms with Crippen LogP contribution in [-0.4, -0.2) is 44.0 Å². The Morgan fingerprint density at radius 2 is 2.03 bits per heavy atom. The first-order chi connectivity index (χ1) is 14.0. The summed E-state index contributed by atoms with van der Waals surface area (Å²) in [6, 6.07) is 7.40. The van der Waals surface area contributed by atoms with Gasteiger partial charge in [0.25, 0.3) is 5.91 Å². The van der Waals surface area contributed by atoms with Gasteiger partial charge in [0.15, 0.2) is 0 Å². The Labute approximate surface area is 174 Å². The molecule has 1 saturated heterocycles. The quantitative estimate of drug-likeness (QED) is 0.659. The van der Waals surface area contributed by atoms with E-state index < -0.39 is 0 Å². The minimum atomic E-state index is -0.275. The van der Waals surface area contributed by atoms with Crippen molar-refractivity contribution in [1.29, 1.82) is 0 Å². The molecule has 0 saturated carbocycles. The zero-order valence-electron chi connectivity index (χ0n) is 16.5. The molecule has 9 heteroatoms. The number of nitrogens with zero attached hydrogens (tertiary/aromatic N) is 5. The second kappa shape index (κ2) is 8.24. The third kappa shape index (κ3) is 4.12. The molecule has 0 atom stereocenters. The van der Waals surface area contributed by atoms with Crippen molar-refractivity contribution >= 4 is 29.4 Å². The van der Waals surface area contributed by atoms with Gasteiger partial charge in [0.1, 0.15) is 0 Å². The van der Waals surface area contributed by atoms with E-state index in [1.807, 2.05) is 32.0 Å². The summed E-state index contributed by atoms with van der Waals surface area (Å²) in [6.07, 6.45) is 5.08. The van der Waals surface area contributed by atoms with E-state index >= 15 is 0 Å². The van der Waals surface area contributed by atoms with Crippen molar-refractivity contribution in [3.05, 3.63) is 46.7 Å². The third-order valence-electron chi connectivity index (χ3n) is 5.00. The van der Waals surface area contributed by atoms with Crippen LogP contribution in [0, 0.1) is 0 Å². The number of aromatic nitrogens is 5. The number of aromatic amines is 1. The van der Waals surface area contributed by atoms with Crippen LogP contribution in [0.1, 0.15) is 55.1 Å². The van der Waals surface area contributed by atoms with E-state index in [4.69, 9.17) is 11.6 Å². The number of hydrogen-bond acceptors (Lipinski definition) is 5. The molecule has 4 rings (SSSR count). The summed E-state index contributed by atoms with van der Waals surface area (Å²) >= 11 is 6.13. The summed E-state index contributed by atoms with van der Waals surface area (Å²) < 4.78 is 1.75. The van der Waals surface area contributed by atoms with Crippen LogP contribution in [-0.2, 0) is 0 Å². The number of H-pyrrole nitrogens is 1. The fourth-order valence-electron chi connectivity index (χ4n) is 3.62. The lowest BCUT2D eigenvalue weighted by molar-refractivity contribution is 0.102. The number of benzene rings is 1. The van der Waals surface area contributed by atoms with Gasteiger partial charge >= 0.3 is 0 Å². The van der Waals surface area contributed by atoms with Crippen molar-refractivity contribution in [3.63, 3.8) is 0 Å². The van der Waals surface area contributed by atoms with Crippen LogP contribution >= 0.6 is 11.6 Å². The average molecular weight is 414 g/mol. The lowest BCUT2D eigenvalue weighted by atomic mass is 10.1. The Morgan fingerprint density at radius 3 is 2.76 bits per heavy atom. The Morgan fingerprint density at radius 1 is 1.24 bits per heavy atom. The summed E-state index contributed by atoms with van der Waals surface area (Å²) in [7, 11) is 0. The van der Waals surface area contributed by atoms with Crippen LogP contribution in [0.25, 0.3) is 5.69 Å². The van der Waals surface area contributed by atoms with Gasteiger partial charge in [0, 0.05) is 18.1 Å². The van der Waals surface area contributed by atoms with Crippen molar-refractivity contribution in [2.45, 2.75) is 39.0 Å². The van der Waals surface area contributed by atoms with Crippen molar-refractivity contribution in [2.75, 3.05) is 23.3 Å². The Bertz CT molecular complexity index is 1000. The molecule has 0 unspecified atom stereocenters. The summed E-state index contributed by atoms with van der Waals surface area (Å²) in [5, 5.41) is 14.9. The lowest BCUT2D eigenvalue weighted by Gasteiger charge is -2.24. The zero-order valence-corrected chi connectivity index (χ0v) is 17.3. The van der Waals surface area contributed by atoms with Gasteiger partial charge in [0.2, 0.25) is 11.9 Å². The molecule has 3 aromatic rings. The highest BCUT2D eigenvalue weighted by Gasteiger charge is 2.22. The molecule has 2 aromatic heterocycles. The monoisotopic (exact) mass is 413 g/mol. The standard InChI is InChI=1S/C20H24ClN7O/c1-13(2)17-16(12-22-28(17)15-8-6-7-14(21)11-15)18(29)23-19-24-20(26-25-19)27-9-4-3-5-10-27/h6-8,11-13H,3-5,9-10H2,1-2H3,(H2,23,24,25,26,29). The smallest absolute Gasteiger partial charge is 0.261 e. The highest BCUT2D eigenvalue weighted by atomic mass is 35.5. The second-order valence-corrected chi connectivity index (χ2v) is 7.91. The van der Waals surface area contributed by atoms with Crippen LogP contribution in [0.15, 0.2) is 30.5 Å². The van der Waals surface area contributed by atoms with Gasteiger partial charge in [-0.15, -0.1) is 5.10 Å². The average Bonchev–Trinajstić information content (AvgIpc) is 3.36. The van der Waals surface area contributed by atoms with Gasteiger partial charge in [-0.25, -0.2) is 9.78 Å². The molecule has 0 bridgehead atoms. The van der Waals surface area contributed by atoms with Crippen LogP contribution in [0.3, 0.4) is 0 Å². The molecular weight excluding hydrogens is 390 g/mol. The minimum Gasteiger partial charge on any atom is -0.340 e. The molecule has 1 aliphatic rings. The summed E-state index contributed by atoms with van der Waals surface area (Å²) in [5.41, 5.74) is 2.11. The SMILES string of the molecule is CC(C)c1c(C(=O)Nc2nc(N3CCCCC3)n[nH]2)cnn1-c1cccc(Cl)c1. The van der Waals surface area contributed by atoms with Crippen molar-refractivity contribution in [3.8, 4) is 5.69 Å².